The van der Waals surface area contributed by atoms with Gasteiger partial charge >= 0.3 is 0 Å². The van der Waals surface area contributed by atoms with Crippen molar-refractivity contribution in [1.29, 1.82) is 0 Å². The van der Waals surface area contributed by atoms with Crippen LogP contribution in [0.3, 0.4) is 0 Å². The lowest BCUT2D eigenvalue weighted by Crippen LogP contribution is -2.77. The largest absolute Gasteiger partial charge is 0.458 e. The molecule has 5 heteroatoms. The van der Waals surface area contributed by atoms with Crippen molar-refractivity contribution in [1.82, 2.24) is 0 Å². The predicted octanol–water partition coefficient (Wildman–Crippen LogP) is 5.57. The fourth-order valence-corrected chi connectivity index (χ4v) is 13.3. The Bertz CT molecular complexity index is 2180. The minimum absolute atomic E-state index is 0.0427. The van der Waals surface area contributed by atoms with Gasteiger partial charge < -0.3 is 14.4 Å². The first kappa shape index (κ1) is 26.4. The molecule has 3 aliphatic heterocycles. The van der Waals surface area contributed by atoms with Crippen LogP contribution in [0, 0.1) is 0 Å². The number of hydrogen-bond acceptors (Lipinski definition) is 3. The summed E-state index contributed by atoms with van der Waals surface area (Å²) in [5, 5.41) is 5.46. The normalized spacial score (nSPS) is 14.4. The standard InChI is InChI=1S/C42H28BNO2Si/c1-3-15-30(16-4-1)47(31-17-5-2-6-18-31)40-25-13-9-21-34(40)44(35-22-10-14-26-41(35)47)29-27-38-42-39(28-29)46-37-24-12-8-20-33(37)43(42)32-19-7-11-23-36(32)45-38/h1-28H. The third-order valence-corrected chi connectivity index (χ3v) is 14.9. The molecule has 3 aliphatic rings. The molecule has 7 aromatic carbocycles. The molecule has 0 N–H and O–H groups in total. The summed E-state index contributed by atoms with van der Waals surface area (Å²) < 4.78 is 13.5. The number of para-hydroxylation sites is 4. The highest BCUT2D eigenvalue weighted by molar-refractivity contribution is 7.21. The van der Waals surface area contributed by atoms with E-state index in [0.717, 1.165) is 34.1 Å². The van der Waals surface area contributed by atoms with Crippen LogP contribution in [-0.4, -0.2) is 14.8 Å². The molecule has 220 valence electrons. The Morgan fingerprint density at radius 3 is 1.36 bits per heavy atom. The van der Waals surface area contributed by atoms with Gasteiger partial charge in [0.2, 0.25) is 0 Å². The summed E-state index contributed by atoms with van der Waals surface area (Å²) in [6.45, 7) is 0.0427. The Kier molecular flexibility index (Phi) is 5.69. The second-order valence-electron chi connectivity index (χ2n) is 12.4. The number of anilines is 3. The Morgan fingerprint density at radius 2 is 0.851 bits per heavy atom. The van der Waals surface area contributed by atoms with Gasteiger partial charge in [0.1, 0.15) is 23.0 Å². The zero-order chi connectivity index (χ0) is 31.0. The van der Waals surface area contributed by atoms with Gasteiger partial charge in [0, 0.05) is 29.0 Å². The van der Waals surface area contributed by atoms with Crippen LogP contribution in [0.4, 0.5) is 17.1 Å². The Labute approximate surface area is 275 Å². The van der Waals surface area contributed by atoms with E-state index in [4.69, 9.17) is 9.47 Å². The summed E-state index contributed by atoms with van der Waals surface area (Å²) >= 11 is 0. The lowest BCUT2D eigenvalue weighted by Gasteiger charge is -2.45. The van der Waals surface area contributed by atoms with E-state index < -0.39 is 8.07 Å². The molecule has 0 aromatic heterocycles. The molecule has 0 radical (unpaired) electrons. The number of benzene rings is 7. The maximum absolute atomic E-state index is 6.73. The SMILES string of the molecule is c1ccc([Si]2(c3ccccc3)c3ccccc3N(c3cc4c5c(c3)Oc3ccccc3B5c3ccccc3O4)c3ccccc32)cc1. The van der Waals surface area contributed by atoms with Gasteiger partial charge in [-0.25, -0.2) is 0 Å². The van der Waals surface area contributed by atoms with Crippen LogP contribution in [0.2, 0.25) is 0 Å². The molecule has 0 saturated heterocycles. The minimum Gasteiger partial charge on any atom is -0.458 e. The van der Waals surface area contributed by atoms with Crippen LogP contribution < -0.4 is 51.5 Å². The van der Waals surface area contributed by atoms with E-state index in [9.17, 15) is 0 Å². The average molecular weight is 618 g/mol. The Hall–Kier alpha value is -5.78. The average Bonchev–Trinajstić information content (AvgIpc) is 3.14. The molecular formula is C42H28BNO2Si. The zero-order valence-corrected chi connectivity index (χ0v) is 26.5. The van der Waals surface area contributed by atoms with Gasteiger partial charge in [-0.2, -0.15) is 0 Å². The maximum Gasteiger partial charge on any atom is 0.260 e. The predicted molar refractivity (Wildman–Crippen MR) is 196 cm³/mol. The fraction of sp³-hybridized carbons (Fsp3) is 0. The van der Waals surface area contributed by atoms with E-state index >= 15 is 0 Å². The monoisotopic (exact) mass is 617 g/mol. The van der Waals surface area contributed by atoms with E-state index in [-0.39, 0.29) is 6.71 Å². The van der Waals surface area contributed by atoms with Gasteiger partial charge in [0.05, 0.1) is 5.69 Å². The Balaban J connectivity index is 1.25. The van der Waals surface area contributed by atoms with Crippen molar-refractivity contribution in [2.24, 2.45) is 0 Å². The van der Waals surface area contributed by atoms with Gasteiger partial charge in [0.15, 0.2) is 8.07 Å². The van der Waals surface area contributed by atoms with Gasteiger partial charge in [-0.3, -0.25) is 0 Å². The van der Waals surface area contributed by atoms with Crippen LogP contribution in [0.15, 0.2) is 170 Å². The molecule has 0 fully saturated rings. The molecule has 10 rings (SSSR count). The first-order valence-corrected chi connectivity index (χ1v) is 18.1. The summed E-state index contributed by atoms with van der Waals surface area (Å²) in [5.74, 6) is 3.46. The number of hydrogen-bond donors (Lipinski definition) is 0. The number of fused-ring (bicyclic) bond motifs is 6. The summed E-state index contributed by atoms with van der Waals surface area (Å²) in [5.41, 5.74) is 6.80. The fourth-order valence-electron chi connectivity index (χ4n) is 8.20. The van der Waals surface area contributed by atoms with E-state index in [1.165, 1.54) is 43.0 Å². The van der Waals surface area contributed by atoms with Crippen molar-refractivity contribution in [3.63, 3.8) is 0 Å². The summed E-state index contributed by atoms with van der Waals surface area (Å²) in [6.07, 6.45) is 0. The highest BCUT2D eigenvalue weighted by atomic mass is 28.3. The molecular weight excluding hydrogens is 589 g/mol. The first-order chi connectivity index (χ1) is 23.3. The molecule has 3 nitrogen and oxygen atoms in total. The highest BCUT2D eigenvalue weighted by Crippen LogP contribution is 2.43. The summed E-state index contributed by atoms with van der Waals surface area (Å²) in [6, 6.07) is 61.4. The van der Waals surface area contributed by atoms with E-state index in [1.54, 1.807) is 0 Å². The topological polar surface area (TPSA) is 21.7 Å². The van der Waals surface area contributed by atoms with Gasteiger partial charge in [-0.05, 0) is 55.9 Å². The van der Waals surface area contributed by atoms with Crippen molar-refractivity contribution in [3.8, 4) is 23.0 Å². The van der Waals surface area contributed by atoms with E-state index in [1.807, 2.05) is 12.1 Å². The molecule has 47 heavy (non-hydrogen) atoms. The molecule has 0 saturated carbocycles. The first-order valence-electron chi connectivity index (χ1n) is 16.1. The van der Waals surface area contributed by atoms with E-state index in [0.29, 0.717) is 0 Å². The van der Waals surface area contributed by atoms with Crippen LogP contribution in [-0.2, 0) is 0 Å². The third-order valence-electron chi connectivity index (χ3n) is 10.0. The molecule has 0 unspecified atom stereocenters. The molecule has 3 heterocycles. The number of ether oxygens (including phenoxy) is 2. The summed E-state index contributed by atoms with van der Waals surface area (Å²) in [4.78, 5) is 2.42. The second kappa shape index (κ2) is 10.1. The van der Waals surface area contributed by atoms with Crippen molar-refractivity contribution >= 4 is 69.0 Å². The number of nitrogens with zero attached hydrogens (tertiary/aromatic N) is 1. The lowest BCUT2D eigenvalue weighted by molar-refractivity contribution is 0.465. The van der Waals surface area contributed by atoms with Crippen LogP contribution in [0.5, 0.6) is 23.0 Å². The molecule has 0 aliphatic carbocycles. The highest BCUT2D eigenvalue weighted by Gasteiger charge is 2.49. The quantitative estimate of drug-likeness (QED) is 0.242. The number of rotatable bonds is 3. The summed E-state index contributed by atoms with van der Waals surface area (Å²) in [7, 11) is -2.70. The molecule has 7 aromatic rings. The zero-order valence-electron chi connectivity index (χ0n) is 25.5. The third kappa shape index (κ3) is 3.69. The lowest BCUT2D eigenvalue weighted by atomic mass is 9.35. The smallest absolute Gasteiger partial charge is 0.260 e. The molecule has 0 spiro atoms. The molecule has 0 bridgehead atoms. The van der Waals surface area contributed by atoms with Gasteiger partial charge in [0.25, 0.3) is 6.71 Å². The van der Waals surface area contributed by atoms with Crippen molar-refractivity contribution in [2.45, 2.75) is 0 Å². The van der Waals surface area contributed by atoms with Crippen molar-refractivity contribution in [3.05, 3.63) is 170 Å². The maximum atomic E-state index is 6.73. The van der Waals surface area contributed by atoms with Crippen LogP contribution in [0.1, 0.15) is 0 Å². The van der Waals surface area contributed by atoms with Gasteiger partial charge in [-0.15, -0.1) is 0 Å². The van der Waals surface area contributed by atoms with E-state index in [2.05, 4.69) is 163 Å². The second-order valence-corrected chi connectivity index (χ2v) is 16.2. The minimum atomic E-state index is -2.70. The van der Waals surface area contributed by atoms with Crippen molar-refractivity contribution < 1.29 is 9.47 Å². The van der Waals surface area contributed by atoms with Gasteiger partial charge in [-0.1, -0.05) is 133 Å². The molecule has 0 atom stereocenters. The molecule has 0 amide bonds. The van der Waals surface area contributed by atoms with Crippen LogP contribution >= 0.6 is 0 Å². The van der Waals surface area contributed by atoms with Crippen LogP contribution in [0.25, 0.3) is 0 Å². The van der Waals surface area contributed by atoms with Crippen molar-refractivity contribution in [2.75, 3.05) is 4.90 Å². The Morgan fingerprint density at radius 1 is 0.426 bits per heavy atom.